The van der Waals surface area contributed by atoms with Crippen molar-refractivity contribution in [3.8, 4) is 0 Å². The number of carbonyl (C=O) groups is 1. The third-order valence-electron chi connectivity index (χ3n) is 2.31. The molecule has 1 amide bonds. The number of pyridine rings is 1. The summed E-state index contributed by atoms with van der Waals surface area (Å²) in [6.07, 6.45) is 2.68. The largest absolute Gasteiger partial charge is 0.369 e. The zero-order valence-electron chi connectivity index (χ0n) is 11.1. The molecule has 2 N–H and O–H groups in total. The SMILES string of the molecule is CCCNc1ncc(Br)cc1C(=O)NCC(C)C. The number of nitrogens with one attached hydrogen (secondary N) is 2. The summed E-state index contributed by atoms with van der Waals surface area (Å²) in [5.41, 5.74) is 0.582. The molecule has 18 heavy (non-hydrogen) atoms. The smallest absolute Gasteiger partial charge is 0.255 e. The predicted octanol–water partition coefficient (Wildman–Crippen LogP) is 3.05. The van der Waals surface area contributed by atoms with E-state index in [-0.39, 0.29) is 5.91 Å². The summed E-state index contributed by atoms with van der Waals surface area (Å²) in [4.78, 5) is 16.3. The number of anilines is 1. The van der Waals surface area contributed by atoms with Crippen molar-refractivity contribution < 1.29 is 4.79 Å². The van der Waals surface area contributed by atoms with E-state index in [4.69, 9.17) is 0 Å². The van der Waals surface area contributed by atoms with Crippen LogP contribution in [-0.4, -0.2) is 24.0 Å². The lowest BCUT2D eigenvalue weighted by Gasteiger charge is -2.12. The Morgan fingerprint density at radius 1 is 1.50 bits per heavy atom. The highest BCUT2D eigenvalue weighted by molar-refractivity contribution is 9.10. The normalized spacial score (nSPS) is 10.5. The van der Waals surface area contributed by atoms with E-state index in [0.717, 1.165) is 17.4 Å². The average Bonchev–Trinajstić information content (AvgIpc) is 2.34. The number of amides is 1. The standard InChI is InChI=1S/C13H20BrN3O/c1-4-5-15-12-11(6-10(14)8-16-12)13(18)17-7-9(2)3/h6,8-9H,4-5,7H2,1-3H3,(H,15,16)(H,17,18). The van der Waals surface area contributed by atoms with Crippen molar-refractivity contribution in [3.63, 3.8) is 0 Å². The summed E-state index contributed by atoms with van der Waals surface area (Å²) >= 11 is 3.34. The van der Waals surface area contributed by atoms with E-state index < -0.39 is 0 Å². The van der Waals surface area contributed by atoms with Gasteiger partial charge in [0.2, 0.25) is 0 Å². The first-order chi connectivity index (χ1) is 8.54. The quantitative estimate of drug-likeness (QED) is 0.848. The van der Waals surface area contributed by atoms with Crippen molar-refractivity contribution in [2.24, 2.45) is 5.92 Å². The summed E-state index contributed by atoms with van der Waals surface area (Å²) < 4.78 is 0.805. The first kappa shape index (κ1) is 15.0. The first-order valence-corrected chi connectivity index (χ1v) is 7.01. The molecule has 1 aromatic heterocycles. The molecule has 1 heterocycles. The fourth-order valence-electron chi connectivity index (χ4n) is 1.39. The van der Waals surface area contributed by atoms with Gasteiger partial charge in [0.25, 0.3) is 5.91 Å². The number of halogens is 1. The van der Waals surface area contributed by atoms with Crippen molar-refractivity contribution in [1.82, 2.24) is 10.3 Å². The Kier molecular flexibility index (Phi) is 6.12. The van der Waals surface area contributed by atoms with Gasteiger partial charge in [0, 0.05) is 23.8 Å². The Bertz CT molecular complexity index is 407. The zero-order chi connectivity index (χ0) is 13.5. The van der Waals surface area contributed by atoms with E-state index in [1.165, 1.54) is 0 Å². The molecule has 0 saturated carbocycles. The number of aromatic nitrogens is 1. The molecule has 0 aliphatic rings. The van der Waals surface area contributed by atoms with Gasteiger partial charge in [0.05, 0.1) is 5.56 Å². The van der Waals surface area contributed by atoms with Crippen LogP contribution >= 0.6 is 15.9 Å². The van der Waals surface area contributed by atoms with Crippen LogP contribution in [0, 0.1) is 5.92 Å². The maximum atomic E-state index is 12.1. The van der Waals surface area contributed by atoms with Crippen LogP contribution < -0.4 is 10.6 Å². The van der Waals surface area contributed by atoms with Crippen molar-refractivity contribution in [2.75, 3.05) is 18.4 Å². The van der Waals surface area contributed by atoms with Crippen LogP contribution in [0.4, 0.5) is 5.82 Å². The average molecular weight is 314 g/mol. The summed E-state index contributed by atoms with van der Waals surface area (Å²) in [6, 6.07) is 1.79. The Morgan fingerprint density at radius 3 is 2.83 bits per heavy atom. The maximum absolute atomic E-state index is 12.1. The molecule has 5 heteroatoms. The lowest BCUT2D eigenvalue weighted by Crippen LogP contribution is -2.28. The Morgan fingerprint density at radius 2 is 2.22 bits per heavy atom. The molecule has 0 atom stereocenters. The maximum Gasteiger partial charge on any atom is 0.255 e. The molecular weight excluding hydrogens is 294 g/mol. The third kappa shape index (κ3) is 4.64. The second-order valence-corrected chi connectivity index (χ2v) is 5.50. The van der Waals surface area contributed by atoms with Crippen LogP contribution in [0.2, 0.25) is 0 Å². The van der Waals surface area contributed by atoms with Crippen LogP contribution in [-0.2, 0) is 0 Å². The molecule has 0 fully saturated rings. The molecule has 4 nitrogen and oxygen atoms in total. The Labute approximate surface area is 117 Å². The zero-order valence-corrected chi connectivity index (χ0v) is 12.7. The van der Waals surface area contributed by atoms with Crippen LogP contribution in [0.15, 0.2) is 16.7 Å². The van der Waals surface area contributed by atoms with Crippen molar-refractivity contribution >= 4 is 27.7 Å². The molecule has 0 aliphatic carbocycles. The van der Waals surface area contributed by atoms with Gasteiger partial charge >= 0.3 is 0 Å². The minimum absolute atomic E-state index is 0.0869. The molecule has 0 spiro atoms. The second-order valence-electron chi connectivity index (χ2n) is 4.58. The van der Waals surface area contributed by atoms with Crippen molar-refractivity contribution in [3.05, 3.63) is 22.3 Å². The monoisotopic (exact) mass is 313 g/mol. The Hall–Kier alpha value is -1.10. The highest BCUT2D eigenvalue weighted by Crippen LogP contribution is 2.18. The van der Waals surface area contributed by atoms with Gasteiger partial charge in [-0.1, -0.05) is 20.8 Å². The van der Waals surface area contributed by atoms with E-state index in [0.29, 0.717) is 23.8 Å². The van der Waals surface area contributed by atoms with Gasteiger partial charge in [0.15, 0.2) is 0 Å². The van der Waals surface area contributed by atoms with Gasteiger partial charge in [-0.25, -0.2) is 4.98 Å². The number of hydrogen-bond acceptors (Lipinski definition) is 3. The minimum atomic E-state index is -0.0869. The molecule has 0 aromatic carbocycles. The molecule has 0 aliphatic heterocycles. The lowest BCUT2D eigenvalue weighted by atomic mass is 10.2. The number of hydrogen-bond donors (Lipinski definition) is 2. The highest BCUT2D eigenvalue weighted by atomic mass is 79.9. The van der Waals surface area contributed by atoms with Gasteiger partial charge in [0.1, 0.15) is 5.82 Å². The molecule has 100 valence electrons. The summed E-state index contributed by atoms with van der Waals surface area (Å²) in [6.45, 7) is 7.67. The van der Waals surface area contributed by atoms with Crippen LogP contribution in [0.5, 0.6) is 0 Å². The summed E-state index contributed by atoms with van der Waals surface area (Å²) in [5, 5.41) is 6.07. The minimum Gasteiger partial charge on any atom is -0.369 e. The number of nitrogens with zero attached hydrogens (tertiary/aromatic N) is 1. The van der Waals surface area contributed by atoms with Crippen molar-refractivity contribution in [1.29, 1.82) is 0 Å². The van der Waals surface area contributed by atoms with Crippen molar-refractivity contribution in [2.45, 2.75) is 27.2 Å². The number of rotatable bonds is 6. The van der Waals surface area contributed by atoms with E-state index in [1.807, 2.05) is 0 Å². The molecule has 0 saturated heterocycles. The lowest BCUT2D eigenvalue weighted by molar-refractivity contribution is 0.0949. The van der Waals surface area contributed by atoms with Gasteiger partial charge in [-0.3, -0.25) is 4.79 Å². The van der Waals surface area contributed by atoms with Crippen LogP contribution in [0.25, 0.3) is 0 Å². The third-order valence-corrected chi connectivity index (χ3v) is 2.75. The van der Waals surface area contributed by atoms with Gasteiger partial charge in [-0.2, -0.15) is 0 Å². The van der Waals surface area contributed by atoms with Gasteiger partial charge in [-0.05, 0) is 34.3 Å². The fraction of sp³-hybridized carbons (Fsp3) is 0.538. The van der Waals surface area contributed by atoms with E-state index in [1.54, 1.807) is 12.3 Å². The molecule has 0 unspecified atom stereocenters. The molecular formula is C13H20BrN3O. The molecule has 0 bridgehead atoms. The topological polar surface area (TPSA) is 54.0 Å². The van der Waals surface area contributed by atoms with Gasteiger partial charge in [-0.15, -0.1) is 0 Å². The van der Waals surface area contributed by atoms with E-state index in [9.17, 15) is 4.79 Å². The first-order valence-electron chi connectivity index (χ1n) is 6.22. The second kappa shape index (κ2) is 7.36. The fourth-order valence-corrected chi connectivity index (χ4v) is 1.72. The molecule has 0 radical (unpaired) electrons. The molecule has 1 aromatic rings. The molecule has 1 rings (SSSR count). The summed E-state index contributed by atoms with van der Waals surface area (Å²) in [7, 11) is 0. The van der Waals surface area contributed by atoms with Gasteiger partial charge < -0.3 is 10.6 Å². The predicted molar refractivity (Wildman–Crippen MR) is 77.9 cm³/mol. The highest BCUT2D eigenvalue weighted by Gasteiger charge is 2.13. The number of carbonyl (C=O) groups excluding carboxylic acids is 1. The Balaban J connectivity index is 2.83. The summed E-state index contributed by atoms with van der Waals surface area (Å²) in [5.74, 6) is 0.985. The van der Waals surface area contributed by atoms with Crippen LogP contribution in [0.3, 0.4) is 0 Å². The van der Waals surface area contributed by atoms with E-state index >= 15 is 0 Å². The van der Waals surface area contributed by atoms with Crippen LogP contribution in [0.1, 0.15) is 37.6 Å². The van der Waals surface area contributed by atoms with E-state index in [2.05, 4.69) is 52.3 Å².